The van der Waals surface area contributed by atoms with Gasteiger partial charge in [0.25, 0.3) is 0 Å². The van der Waals surface area contributed by atoms with Crippen LogP contribution in [0.3, 0.4) is 0 Å². The Morgan fingerprint density at radius 3 is 1.56 bits per heavy atom. The Labute approximate surface area is 64.6 Å². The molecule has 0 bridgehead atoms. The van der Waals surface area contributed by atoms with Crippen LogP contribution in [0.4, 0.5) is 0 Å². The van der Waals surface area contributed by atoms with Gasteiger partial charge in [-0.15, -0.1) is 23.2 Å². The molecule has 0 aliphatic heterocycles. The highest BCUT2D eigenvalue weighted by atomic mass is 35.5. The lowest BCUT2D eigenvalue weighted by Crippen LogP contribution is -1.63. The molecule has 0 aliphatic carbocycles. The van der Waals surface area contributed by atoms with Gasteiger partial charge in [-0.3, -0.25) is 0 Å². The molecule has 0 aliphatic rings. The van der Waals surface area contributed by atoms with Gasteiger partial charge < -0.3 is 4.42 Å². The third kappa shape index (κ3) is 7.86. The summed E-state index contributed by atoms with van der Waals surface area (Å²) in [5.74, 6) is 1.11. The van der Waals surface area contributed by atoms with Gasteiger partial charge in [0.15, 0.2) is 0 Å². The number of hydrogen-bond donors (Lipinski definition) is 0. The number of rotatable bonds is 1. The molecule has 0 spiro atoms. The third-order valence-electron chi connectivity index (χ3n) is 0.497. The smallest absolute Gasteiger partial charge is 0.0902 e. The van der Waals surface area contributed by atoms with Crippen molar-refractivity contribution in [3.05, 3.63) is 24.7 Å². The van der Waals surface area contributed by atoms with Crippen molar-refractivity contribution in [1.29, 1.82) is 0 Å². The molecule has 0 unspecified atom stereocenters. The van der Waals surface area contributed by atoms with E-state index in [2.05, 4.69) is 4.42 Å². The minimum Gasteiger partial charge on any atom is -0.473 e. The highest BCUT2D eigenvalue weighted by molar-refractivity contribution is 6.25. The van der Waals surface area contributed by atoms with Gasteiger partial charge in [-0.1, -0.05) is 0 Å². The quantitative estimate of drug-likeness (QED) is 0.586. The minimum absolute atomic E-state index is 0.557. The molecule has 0 radical (unpaired) electrons. The van der Waals surface area contributed by atoms with E-state index in [0.29, 0.717) is 11.8 Å². The van der Waals surface area contributed by atoms with Crippen LogP contribution in [0, 0.1) is 0 Å². The SMILES string of the molecule is ClCCCl.c1ccoc1. The summed E-state index contributed by atoms with van der Waals surface area (Å²) in [6.07, 6.45) is 3.25. The first kappa shape index (κ1) is 8.86. The van der Waals surface area contributed by atoms with Crippen LogP contribution in [-0.4, -0.2) is 11.8 Å². The Balaban J connectivity index is 0.000000148. The van der Waals surface area contributed by atoms with Crippen molar-refractivity contribution in [1.82, 2.24) is 0 Å². The molecule has 0 aromatic carbocycles. The van der Waals surface area contributed by atoms with E-state index in [1.165, 1.54) is 0 Å². The van der Waals surface area contributed by atoms with Gasteiger partial charge in [-0.25, -0.2) is 0 Å². The van der Waals surface area contributed by atoms with E-state index >= 15 is 0 Å². The Morgan fingerprint density at radius 1 is 1.00 bits per heavy atom. The number of halogens is 2. The van der Waals surface area contributed by atoms with E-state index in [4.69, 9.17) is 23.2 Å². The molecule has 0 saturated carbocycles. The van der Waals surface area contributed by atoms with Gasteiger partial charge in [-0.05, 0) is 12.1 Å². The van der Waals surface area contributed by atoms with Crippen molar-refractivity contribution in [2.24, 2.45) is 0 Å². The van der Waals surface area contributed by atoms with Crippen LogP contribution in [-0.2, 0) is 0 Å². The highest BCUT2D eigenvalue weighted by Crippen LogP contribution is 1.79. The third-order valence-corrected chi connectivity index (χ3v) is 1.07. The zero-order valence-electron chi connectivity index (χ0n) is 4.89. The van der Waals surface area contributed by atoms with Gasteiger partial charge in [0.1, 0.15) is 0 Å². The molecule has 9 heavy (non-hydrogen) atoms. The molecule has 0 saturated heterocycles. The molecule has 1 heterocycles. The fourth-order valence-corrected chi connectivity index (χ4v) is 0.227. The molecule has 0 fully saturated rings. The summed E-state index contributed by atoms with van der Waals surface area (Å²) in [7, 11) is 0. The van der Waals surface area contributed by atoms with Crippen LogP contribution < -0.4 is 0 Å². The molecule has 3 heteroatoms. The lowest BCUT2D eigenvalue weighted by molar-refractivity contribution is 0.567. The van der Waals surface area contributed by atoms with Crippen molar-refractivity contribution < 1.29 is 4.42 Å². The Bertz CT molecular complexity index is 86.6. The minimum atomic E-state index is 0.557. The molecule has 0 atom stereocenters. The zero-order chi connectivity index (χ0) is 6.95. The maximum Gasteiger partial charge on any atom is 0.0902 e. The molecular formula is C6H8Cl2O. The van der Waals surface area contributed by atoms with Crippen molar-refractivity contribution in [3.63, 3.8) is 0 Å². The summed E-state index contributed by atoms with van der Waals surface area (Å²) >= 11 is 10.1. The van der Waals surface area contributed by atoms with Gasteiger partial charge >= 0.3 is 0 Å². The monoisotopic (exact) mass is 166 g/mol. The average Bonchev–Trinajstić information content (AvgIpc) is 2.43. The van der Waals surface area contributed by atoms with Crippen LogP contribution in [0.5, 0.6) is 0 Å². The fourth-order valence-electron chi connectivity index (χ4n) is 0.227. The van der Waals surface area contributed by atoms with Crippen LogP contribution in [0.1, 0.15) is 0 Å². The lowest BCUT2D eigenvalue weighted by atomic mass is 10.7. The Kier molecular flexibility index (Phi) is 7.74. The topological polar surface area (TPSA) is 13.1 Å². The van der Waals surface area contributed by atoms with Gasteiger partial charge in [0.05, 0.1) is 12.5 Å². The summed E-state index contributed by atoms with van der Waals surface area (Å²) in [6, 6.07) is 3.67. The standard InChI is InChI=1S/C4H4O.C2H4Cl2/c1-2-4-5-3-1;3-1-2-4/h1-4H;1-2H2. The van der Waals surface area contributed by atoms with Crippen molar-refractivity contribution >= 4 is 23.2 Å². The maximum atomic E-state index is 5.05. The predicted octanol–water partition coefficient (Wildman–Crippen LogP) is 2.74. The zero-order valence-corrected chi connectivity index (χ0v) is 6.40. The number of furan rings is 1. The molecule has 1 aromatic rings. The number of alkyl halides is 2. The van der Waals surface area contributed by atoms with Crippen LogP contribution in [0.15, 0.2) is 29.1 Å². The second kappa shape index (κ2) is 7.86. The molecule has 1 rings (SSSR count). The van der Waals surface area contributed by atoms with Crippen molar-refractivity contribution in [2.75, 3.05) is 11.8 Å². The molecule has 52 valence electrons. The molecule has 0 amide bonds. The summed E-state index contributed by atoms with van der Waals surface area (Å²) in [5, 5.41) is 0. The van der Waals surface area contributed by atoms with Crippen LogP contribution in [0.2, 0.25) is 0 Å². The highest BCUT2D eigenvalue weighted by Gasteiger charge is 1.61. The largest absolute Gasteiger partial charge is 0.473 e. The summed E-state index contributed by atoms with van der Waals surface area (Å²) in [6.45, 7) is 0. The normalized spacial score (nSPS) is 7.78. The van der Waals surface area contributed by atoms with Crippen molar-refractivity contribution in [3.8, 4) is 0 Å². The average molecular weight is 167 g/mol. The second-order valence-electron chi connectivity index (χ2n) is 1.17. The molecular weight excluding hydrogens is 159 g/mol. The Morgan fingerprint density at radius 2 is 1.44 bits per heavy atom. The molecule has 0 N–H and O–H groups in total. The predicted molar refractivity (Wildman–Crippen MR) is 40.1 cm³/mol. The summed E-state index contributed by atoms with van der Waals surface area (Å²) < 4.78 is 4.58. The first-order valence-corrected chi connectivity index (χ1v) is 3.57. The first-order valence-electron chi connectivity index (χ1n) is 2.51. The van der Waals surface area contributed by atoms with E-state index in [0.717, 1.165) is 0 Å². The van der Waals surface area contributed by atoms with E-state index in [-0.39, 0.29) is 0 Å². The van der Waals surface area contributed by atoms with Gasteiger partial charge in [0, 0.05) is 11.8 Å². The van der Waals surface area contributed by atoms with Crippen molar-refractivity contribution in [2.45, 2.75) is 0 Å². The van der Waals surface area contributed by atoms with Gasteiger partial charge in [0.2, 0.25) is 0 Å². The summed E-state index contributed by atoms with van der Waals surface area (Å²) in [4.78, 5) is 0. The van der Waals surface area contributed by atoms with Gasteiger partial charge in [-0.2, -0.15) is 0 Å². The van der Waals surface area contributed by atoms with E-state index in [9.17, 15) is 0 Å². The maximum absolute atomic E-state index is 5.05. The molecule has 1 aromatic heterocycles. The van der Waals surface area contributed by atoms with Crippen LogP contribution in [0.25, 0.3) is 0 Å². The van der Waals surface area contributed by atoms with E-state index in [1.807, 2.05) is 12.1 Å². The Hall–Kier alpha value is -0.140. The van der Waals surface area contributed by atoms with Crippen LogP contribution >= 0.6 is 23.2 Å². The first-order chi connectivity index (χ1) is 4.41. The fraction of sp³-hybridized carbons (Fsp3) is 0.333. The lowest BCUT2D eigenvalue weighted by Gasteiger charge is -1.63. The molecule has 1 nitrogen and oxygen atoms in total. The van der Waals surface area contributed by atoms with E-state index in [1.54, 1.807) is 12.5 Å². The second-order valence-corrected chi connectivity index (χ2v) is 1.93. The summed E-state index contributed by atoms with van der Waals surface area (Å²) in [5.41, 5.74) is 0. The van der Waals surface area contributed by atoms with E-state index < -0.39 is 0 Å². The number of hydrogen-bond acceptors (Lipinski definition) is 1.